The van der Waals surface area contributed by atoms with Crippen LogP contribution in [0.4, 0.5) is 0 Å². The Labute approximate surface area is 180 Å². The first kappa shape index (κ1) is 23.7. The van der Waals surface area contributed by atoms with Crippen molar-refractivity contribution in [3.63, 3.8) is 0 Å². The van der Waals surface area contributed by atoms with Gasteiger partial charge >= 0.3 is 0 Å². The number of likely N-dealkylation sites (tertiary alicyclic amines) is 1. The Morgan fingerprint density at radius 3 is 2.78 bits per heavy atom. The summed E-state index contributed by atoms with van der Waals surface area (Å²) in [7, 11) is 5.46. The first-order valence-electron chi connectivity index (χ1n) is 9.46. The fraction of sp³-hybridized carbons (Fsp3) is 0.600. The van der Waals surface area contributed by atoms with E-state index < -0.39 is 0 Å². The van der Waals surface area contributed by atoms with Crippen molar-refractivity contribution in [2.75, 3.05) is 40.8 Å². The van der Waals surface area contributed by atoms with Crippen LogP contribution >= 0.6 is 24.0 Å². The van der Waals surface area contributed by atoms with Gasteiger partial charge in [-0.25, -0.2) is 0 Å². The molecule has 2 N–H and O–H groups in total. The molecule has 1 heterocycles. The summed E-state index contributed by atoms with van der Waals surface area (Å²) < 4.78 is 0. The molecule has 0 bridgehead atoms. The largest absolute Gasteiger partial charge is 0.356 e. The molecule has 1 aromatic carbocycles. The SMILES string of the molecule is CN=C(NCCCN1CCCC1C(=O)N(C)C)NCc1cccc(C)c1.I. The minimum Gasteiger partial charge on any atom is -0.356 e. The van der Waals surface area contributed by atoms with Gasteiger partial charge in [0.2, 0.25) is 5.91 Å². The molecule has 1 saturated heterocycles. The number of nitrogens with one attached hydrogen (secondary N) is 2. The molecule has 1 aromatic rings. The Bertz CT molecular complexity index is 620. The van der Waals surface area contributed by atoms with Crippen molar-refractivity contribution >= 4 is 35.8 Å². The van der Waals surface area contributed by atoms with Gasteiger partial charge in [0.25, 0.3) is 0 Å². The van der Waals surface area contributed by atoms with Gasteiger partial charge < -0.3 is 15.5 Å². The van der Waals surface area contributed by atoms with Gasteiger partial charge in [0.1, 0.15) is 0 Å². The molecule has 152 valence electrons. The number of amides is 1. The van der Waals surface area contributed by atoms with Crippen molar-refractivity contribution < 1.29 is 4.79 Å². The van der Waals surface area contributed by atoms with Crippen molar-refractivity contribution in [2.24, 2.45) is 4.99 Å². The lowest BCUT2D eigenvalue weighted by molar-refractivity contribution is -0.133. The maximum absolute atomic E-state index is 12.2. The summed E-state index contributed by atoms with van der Waals surface area (Å²) in [4.78, 5) is 20.5. The number of rotatable bonds is 7. The lowest BCUT2D eigenvalue weighted by Gasteiger charge is -2.26. The minimum atomic E-state index is 0. The van der Waals surface area contributed by atoms with E-state index in [2.05, 4.69) is 51.7 Å². The van der Waals surface area contributed by atoms with Crippen molar-refractivity contribution in [2.45, 2.75) is 38.8 Å². The Kier molecular flexibility index (Phi) is 10.7. The highest BCUT2D eigenvalue weighted by Crippen LogP contribution is 2.18. The molecule has 2 rings (SSSR count). The van der Waals surface area contributed by atoms with Gasteiger partial charge in [-0.05, 0) is 38.3 Å². The van der Waals surface area contributed by atoms with Crippen molar-refractivity contribution in [3.8, 4) is 0 Å². The first-order valence-corrected chi connectivity index (χ1v) is 9.46. The fourth-order valence-electron chi connectivity index (χ4n) is 3.39. The highest BCUT2D eigenvalue weighted by Gasteiger charge is 2.30. The fourth-order valence-corrected chi connectivity index (χ4v) is 3.39. The highest BCUT2D eigenvalue weighted by molar-refractivity contribution is 14.0. The van der Waals surface area contributed by atoms with Crippen molar-refractivity contribution in [3.05, 3.63) is 35.4 Å². The molecule has 1 aliphatic rings. The second-order valence-electron chi connectivity index (χ2n) is 7.12. The van der Waals surface area contributed by atoms with E-state index in [0.717, 1.165) is 51.4 Å². The molecule has 1 fully saturated rings. The second kappa shape index (κ2) is 12.2. The van der Waals surface area contributed by atoms with Gasteiger partial charge in [0.05, 0.1) is 6.04 Å². The molecule has 1 atom stereocenters. The van der Waals surface area contributed by atoms with Gasteiger partial charge in [-0.2, -0.15) is 0 Å². The van der Waals surface area contributed by atoms with Crippen LogP contribution in [0.3, 0.4) is 0 Å². The molecule has 7 heteroatoms. The first-order chi connectivity index (χ1) is 12.5. The van der Waals surface area contributed by atoms with Crippen LogP contribution in [0.25, 0.3) is 0 Å². The van der Waals surface area contributed by atoms with E-state index >= 15 is 0 Å². The van der Waals surface area contributed by atoms with Gasteiger partial charge in [-0.1, -0.05) is 29.8 Å². The summed E-state index contributed by atoms with van der Waals surface area (Å²) in [5.41, 5.74) is 2.51. The third-order valence-electron chi connectivity index (χ3n) is 4.77. The van der Waals surface area contributed by atoms with E-state index in [9.17, 15) is 4.79 Å². The quantitative estimate of drug-likeness (QED) is 0.268. The summed E-state index contributed by atoms with van der Waals surface area (Å²) >= 11 is 0. The number of halogens is 1. The molecule has 0 aromatic heterocycles. The smallest absolute Gasteiger partial charge is 0.239 e. The number of nitrogens with zero attached hydrogens (tertiary/aromatic N) is 3. The van der Waals surface area contributed by atoms with Gasteiger partial charge in [0, 0.05) is 40.8 Å². The second-order valence-corrected chi connectivity index (χ2v) is 7.12. The summed E-state index contributed by atoms with van der Waals surface area (Å²) in [5, 5.41) is 6.71. The monoisotopic (exact) mass is 487 g/mol. The van der Waals surface area contributed by atoms with E-state index in [4.69, 9.17) is 0 Å². The van der Waals surface area contributed by atoms with Gasteiger partial charge in [-0.15, -0.1) is 24.0 Å². The van der Waals surface area contributed by atoms with Crippen LogP contribution in [0.2, 0.25) is 0 Å². The Morgan fingerprint density at radius 2 is 2.11 bits per heavy atom. The topological polar surface area (TPSA) is 60.0 Å². The number of aryl methyl sites for hydroxylation is 1. The van der Waals surface area contributed by atoms with E-state index in [1.54, 1.807) is 11.9 Å². The van der Waals surface area contributed by atoms with Crippen LogP contribution in [0.5, 0.6) is 0 Å². The van der Waals surface area contributed by atoms with Crippen molar-refractivity contribution in [1.29, 1.82) is 0 Å². The number of hydrogen-bond acceptors (Lipinski definition) is 3. The van der Waals surface area contributed by atoms with E-state index in [1.165, 1.54) is 11.1 Å². The molecule has 27 heavy (non-hydrogen) atoms. The molecule has 0 saturated carbocycles. The molecular formula is C20H34IN5O. The number of likely N-dealkylation sites (N-methyl/N-ethyl adjacent to an activating group) is 1. The number of benzene rings is 1. The van der Waals surface area contributed by atoms with Crippen LogP contribution < -0.4 is 10.6 Å². The van der Waals surface area contributed by atoms with E-state index in [1.807, 2.05) is 14.1 Å². The molecule has 1 amide bonds. The standard InChI is InChI=1S/C20H33N5O.HI/c1-16-8-5-9-17(14-16)15-23-20(21-2)22-11-7-13-25-12-6-10-18(25)19(26)24(3)4;/h5,8-9,14,18H,6-7,10-13,15H2,1-4H3,(H2,21,22,23);1H. The van der Waals surface area contributed by atoms with Crippen LogP contribution in [-0.2, 0) is 11.3 Å². The zero-order chi connectivity index (χ0) is 18.9. The summed E-state index contributed by atoms with van der Waals surface area (Å²) in [6, 6.07) is 8.52. The number of carbonyl (C=O) groups excluding carboxylic acids is 1. The molecule has 0 spiro atoms. The molecule has 6 nitrogen and oxygen atoms in total. The molecule has 0 aliphatic carbocycles. The van der Waals surface area contributed by atoms with Crippen molar-refractivity contribution in [1.82, 2.24) is 20.4 Å². The Morgan fingerprint density at radius 1 is 1.33 bits per heavy atom. The average molecular weight is 487 g/mol. The Balaban J connectivity index is 0.00000364. The predicted octanol–water partition coefficient (Wildman–Crippen LogP) is 2.22. The maximum Gasteiger partial charge on any atom is 0.239 e. The third-order valence-corrected chi connectivity index (χ3v) is 4.77. The third kappa shape index (κ3) is 7.65. The lowest BCUT2D eigenvalue weighted by Crippen LogP contribution is -2.44. The van der Waals surface area contributed by atoms with Crippen LogP contribution in [0.15, 0.2) is 29.3 Å². The number of aliphatic imine (C=N–C) groups is 1. The van der Waals surface area contributed by atoms with Gasteiger partial charge in [0.15, 0.2) is 5.96 Å². The Hall–Kier alpha value is -1.35. The van der Waals surface area contributed by atoms with Gasteiger partial charge in [-0.3, -0.25) is 14.7 Å². The zero-order valence-electron chi connectivity index (χ0n) is 17.0. The van der Waals surface area contributed by atoms with E-state index in [0.29, 0.717) is 0 Å². The average Bonchev–Trinajstić information content (AvgIpc) is 3.08. The van der Waals surface area contributed by atoms with Crippen LogP contribution in [0, 0.1) is 6.92 Å². The minimum absolute atomic E-state index is 0. The van der Waals surface area contributed by atoms with Crippen LogP contribution in [0.1, 0.15) is 30.4 Å². The maximum atomic E-state index is 12.2. The summed E-state index contributed by atoms with van der Waals surface area (Å²) in [6.45, 7) is 5.65. The molecule has 0 radical (unpaired) electrons. The van der Waals surface area contributed by atoms with Crippen LogP contribution in [-0.4, -0.2) is 68.5 Å². The molecule has 1 aliphatic heterocycles. The highest BCUT2D eigenvalue weighted by atomic mass is 127. The summed E-state index contributed by atoms with van der Waals surface area (Å²) in [6.07, 6.45) is 3.07. The predicted molar refractivity (Wildman–Crippen MR) is 123 cm³/mol. The number of guanidine groups is 1. The zero-order valence-corrected chi connectivity index (χ0v) is 19.3. The number of hydrogen-bond donors (Lipinski definition) is 2. The number of carbonyl (C=O) groups is 1. The van der Waals surface area contributed by atoms with E-state index in [-0.39, 0.29) is 35.9 Å². The normalized spacial score (nSPS) is 17.3. The lowest BCUT2D eigenvalue weighted by atomic mass is 10.1. The summed E-state index contributed by atoms with van der Waals surface area (Å²) in [5.74, 6) is 1.04. The molecule has 1 unspecified atom stereocenters. The molecular weight excluding hydrogens is 453 g/mol.